The van der Waals surface area contributed by atoms with E-state index in [2.05, 4.69) is 22.5 Å². The van der Waals surface area contributed by atoms with Crippen LogP contribution < -0.4 is 15.4 Å². The molecule has 4 N–H and O–H groups in total. The number of rotatable bonds is 9. The number of hydrogen-bond donors (Lipinski definition) is 4. The summed E-state index contributed by atoms with van der Waals surface area (Å²) in [5.74, 6) is -0.880. The molecule has 1 aliphatic carbocycles. The summed E-state index contributed by atoms with van der Waals surface area (Å²) < 4.78 is 12.8. The van der Waals surface area contributed by atoms with E-state index in [0.29, 0.717) is 43.2 Å². The molecule has 0 saturated heterocycles. The van der Waals surface area contributed by atoms with Gasteiger partial charge in [0.05, 0.1) is 36.0 Å². The first-order chi connectivity index (χ1) is 23.0. The molecule has 1 heterocycles. The number of hydrogen-bond acceptors (Lipinski definition) is 7. The number of nitrogens with one attached hydrogen (secondary N) is 2. The Morgan fingerprint density at radius 3 is 2.42 bits per heavy atom. The molecule has 264 valence electrons. The second kappa shape index (κ2) is 18.2. The predicted octanol–water partition coefficient (Wildman–Crippen LogP) is 5.77. The van der Waals surface area contributed by atoms with E-state index in [-0.39, 0.29) is 48.3 Å². The van der Waals surface area contributed by atoms with Crippen LogP contribution in [-0.2, 0) is 11.3 Å². The molecule has 4 rings (SSSR count). The molecule has 11 nitrogen and oxygen atoms in total. The second-order valence-electron chi connectivity index (χ2n) is 13.6. The Hall–Kier alpha value is -3.67. The number of nitrogens with zero attached hydrogens (tertiary/aromatic N) is 2. The summed E-state index contributed by atoms with van der Waals surface area (Å²) in [6.07, 6.45) is 7.52. The van der Waals surface area contributed by atoms with Gasteiger partial charge in [-0.2, -0.15) is 0 Å². The van der Waals surface area contributed by atoms with E-state index in [1.165, 1.54) is 6.42 Å². The second-order valence-corrected chi connectivity index (χ2v) is 13.6. The Balaban J connectivity index is 1.55. The summed E-state index contributed by atoms with van der Waals surface area (Å²) in [6.45, 7) is 7.75. The number of aromatic carboxylic acids is 1. The van der Waals surface area contributed by atoms with E-state index in [4.69, 9.17) is 9.47 Å². The molecule has 2 aliphatic rings. The smallest absolute Gasteiger partial charge is 0.335 e. The maximum atomic E-state index is 14.4. The number of benzene rings is 2. The Morgan fingerprint density at radius 1 is 1.02 bits per heavy atom. The number of aliphatic hydroxyl groups excluding tert-OH is 1. The highest BCUT2D eigenvalue weighted by atomic mass is 16.5. The molecule has 3 amide bonds. The van der Waals surface area contributed by atoms with Gasteiger partial charge in [-0.3, -0.25) is 9.69 Å². The van der Waals surface area contributed by atoms with Gasteiger partial charge in [0.1, 0.15) is 5.75 Å². The highest BCUT2D eigenvalue weighted by molar-refractivity contribution is 5.99. The van der Waals surface area contributed by atoms with Crippen LogP contribution in [0.15, 0.2) is 42.5 Å². The fraction of sp³-hybridized carbons (Fsp3) is 0.595. The average molecular weight is 667 g/mol. The van der Waals surface area contributed by atoms with Crippen molar-refractivity contribution in [3.63, 3.8) is 0 Å². The Kier molecular flexibility index (Phi) is 14.1. The van der Waals surface area contributed by atoms with Crippen molar-refractivity contribution in [3.8, 4) is 5.75 Å². The van der Waals surface area contributed by atoms with Gasteiger partial charge in [0, 0.05) is 43.9 Å². The molecule has 0 aromatic heterocycles. The van der Waals surface area contributed by atoms with Crippen LogP contribution in [0.2, 0.25) is 0 Å². The molecule has 0 radical (unpaired) electrons. The fourth-order valence-corrected chi connectivity index (χ4v) is 6.50. The molecular formula is C37H54N4O7. The molecule has 0 unspecified atom stereocenters. The average Bonchev–Trinajstić information content (AvgIpc) is 3.06. The van der Waals surface area contributed by atoms with Gasteiger partial charge in [-0.25, -0.2) is 9.59 Å². The summed E-state index contributed by atoms with van der Waals surface area (Å²) in [5, 5.41) is 25.5. The molecule has 11 heteroatoms. The third kappa shape index (κ3) is 10.9. The fourth-order valence-electron chi connectivity index (χ4n) is 6.50. The molecule has 4 atom stereocenters. The molecule has 48 heavy (non-hydrogen) atoms. The van der Waals surface area contributed by atoms with Crippen LogP contribution in [0.25, 0.3) is 0 Å². The molecule has 1 fully saturated rings. The Morgan fingerprint density at radius 2 is 1.73 bits per heavy atom. The number of fused-ring (bicyclic) bond motifs is 1. The lowest BCUT2D eigenvalue weighted by molar-refractivity contribution is -0.0177. The van der Waals surface area contributed by atoms with Crippen LogP contribution in [0.1, 0.15) is 98.4 Å². The van der Waals surface area contributed by atoms with E-state index in [1.807, 2.05) is 33.0 Å². The molecule has 2 aromatic rings. The Labute approximate surface area is 285 Å². The van der Waals surface area contributed by atoms with Crippen molar-refractivity contribution >= 4 is 23.6 Å². The number of urea groups is 1. The summed E-state index contributed by atoms with van der Waals surface area (Å²) in [6, 6.07) is 11.4. The maximum Gasteiger partial charge on any atom is 0.335 e. The minimum atomic E-state index is -0.954. The van der Waals surface area contributed by atoms with Crippen molar-refractivity contribution in [2.24, 2.45) is 5.92 Å². The number of carbonyl (C=O) groups is 3. The Bertz CT molecular complexity index is 1350. The van der Waals surface area contributed by atoms with Crippen LogP contribution in [0, 0.1) is 5.92 Å². The normalized spacial score (nSPS) is 22.2. The van der Waals surface area contributed by atoms with Crippen molar-refractivity contribution in [1.82, 2.24) is 15.1 Å². The SMILES string of the molecule is C[C@@H]1CCCCO[C@H](CN(C)Cc2ccc(C(=O)O)cc2)[C@@H](C)CN([C@H](C)CO)C(=O)c2cc(NC(=O)NC3CCCCC3)ccc2O1. The van der Waals surface area contributed by atoms with Gasteiger partial charge in [-0.05, 0) is 88.9 Å². The highest BCUT2D eigenvalue weighted by Crippen LogP contribution is 2.29. The number of ether oxygens (including phenoxy) is 2. The van der Waals surface area contributed by atoms with E-state index < -0.39 is 12.0 Å². The summed E-state index contributed by atoms with van der Waals surface area (Å²) in [4.78, 5) is 42.3. The lowest BCUT2D eigenvalue weighted by atomic mass is 9.96. The van der Waals surface area contributed by atoms with E-state index >= 15 is 0 Å². The van der Waals surface area contributed by atoms with E-state index in [0.717, 1.165) is 50.5 Å². The third-order valence-electron chi connectivity index (χ3n) is 9.39. The van der Waals surface area contributed by atoms with Crippen LogP contribution in [0.5, 0.6) is 5.75 Å². The standard InChI is InChI=1S/C37H54N4O7/c1-25-21-41(26(2)24-42)35(43)32-20-31(39-37(46)38-30-11-6-5-7-12-30)17-18-33(32)48-27(3)10-8-9-19-47-34(25)23-40(4)22-28-13-15-29(16-14-28)36(44)45/h13-18,20,25-27,30,34,42H,5-12,19,21-24H2,1-4H3,(H,44,45)(H2,38,39,46)/t25-,26+,27+,34+/m0/s1. The molecule has 2 aromatic carbocycles. The van der Waals surface area contributed by atoms with Crippen LogP contribution in [0.4, 0.5) is 10.5 Å². The van der Waals surface area contributed by atoms with Gasteiger partial charge >= 0.3 is 12.0 Å². The van der Waals surface area contributed by atoms with E-state index in [9.17, 15) is 24.6 Å². The van der Waals surface area contributed by atoms with Gasteiger partial charge in [0.2, 0.25) is 0 Å². The van der Waals surface area contributed by atoms with Crippen LogP contribution in [0.3, 0.4) is 0 Å². The number of carbonyl (C=O) groups excluding carboxylic acids is 2. The summed E-state index contributed by atoms with van der Waals surface area (Å²) in [5.41, 5.74) is 2.07. The van der Waals surface area contributed by atoms with Gasteiger partial charge < -0.3 is 35.2 Å². The van der Waals surface area contributed by atoms with Crippen molar-refractivity contribution in [2.45, 2.75) is 103 Å². The third-order valence-corrected chi connectivity index (χ3v) is 9.39. The molecular weight excluding hydrogens is 612 g/mol. The summed E-state index contributed by atoms with van der Waals surface area (Å²) >= 11 is 0. The zero-order valence-corrected chi connectivity index (χ0v) is 29.0. The van der Waals surface area contributed by atoms with Gasteiger partial charge in [0.15, 0.2) is 0 Å². The van der Waals surface area contributed by atoms with Crippen molar-refractivity contribution in [2.75, 3.05) is 38.7 Å². The minimum absolute atomic E-state index is 0.0893. The predicted molar refractivity (Wildman–Crippen MR) is 186 cm³/mol. The van der Waals surface area contributed by atoms with E-state index in [1.54, 1.807) is 35.2 Å². The quantitative estimate of drug-likeness (QED) is 0.265. The first-order valence-corrected chi connectivity index (χ1v) is 17.5. The lowest BCUT2D eigenvalue weighted by Crippen LogP contribution is -2.47. The van der Waals surface area contributed by atoms with Gasteiger partial charge in [-0.15, -0.1) is 0 Å². The number of amides is 3. The van der Waals surface area contributed by atoms with Crippen molar-refractivity contribution < 1.29 is 34.1 Å². The molecule has 1 saturated carbocycles. The number of anilines is 1. The summed E-state index contributed by atoms with van der Waals surface area (Å²) in [7, 11) is 2.00. The monoisotopic (exact) mass is 666 g/mol. The van der Waals surface area contributed by atoms with Crippen LogP contribution >= 0.6 is 0 Å². The molecule has 0 bridgehead atoms. The van der Waals surface area contributed by atoms with Gasteiger partial charge in [0.25, 0.3) is 5.91 Å². The topological polar surface area (TPSA) is 141 Å². The minimum Gasteiger partial charge on any atom is -0.490 e. The number of carboxylic acid groups (broad SMARTS) is 1. The van der Waals surface area contributed by atoms with Crippen LogP contribution in [-0.4, -0.2) is 95.6 Å². The first-order valence-electron chi connectivity index (χ1n) is 17.5. The number of aliphatic hydroxyl groups is 1. The number of carboxylic acids is 1. The highest BCUT2D eigenvalue weighted by Gasteiger charge is 2.30. The molecule has 0 spiro atoms. The first kappa shape index (κ1) is 37.2. The van der Waals surface area contributed by atoms with Gasteiger partial charge in [-0.1, -0.05) is 38.3 Å². The van der Waals surface area contributed by atoms with Crippen molar-refractivity contribution in [1.29, 1.82) is 0 Å². The molecule has 1 aliphatic heterocycles. The zero-order valence-electron chi connectivity index (χ0n) is 29.0. The maximum absolute atomic E-state index is 14.4. The lowest BCUT2D eigenvalue weighted by Gasteiger charge is -2.36. The number of likely N-dealkylation sites (N-methyl/N-ethyl adjacent to an activating group) is 1. The zero-order chi connectivity index (χ0) is 34.6. The van der Waals surface area contributed by atoms with Crippen molar-refractivity contribution in [3.05, 3.63) is 59.2 Å². The largest absolute Gasteiger partial charge is 0.490 e.